The van der Waals surface area contributed by atoms with Gasteiger partial charge < -0.3 is 10.2 Å². The topological polar surface area (TPSA) is 41.0 Å². The first-order valence-electron chi connectivity index (χ1n) is 6.83. The average Bonchev–Trinajstić information content (AvgIpc) is 2.32. The molecule has 0 aliphatic carbocycles. The quantitative estimate of drug-likeness (QED) is 0.807. The summed E-state index contributed by atoms with van der Waals surface area (Å²) in [4.78, 5) is 11.1. The van der Waals surface area contributed by atoms with Crippen LogP contribution < -0.4 is 10.2 Å². The van der Waals surface area contributed by atoms with E-state index < -0.39 is 0 Å². The zero-order valence-electron chi connectivity index (χ0n) is 12.3. The minimum absolute atomic E-state index is 0.613. The Morgan fingerprint density at radius 3 is 2.67 bits per heavy atom. The van der Waals surface area contributed by atoms with Crippen molar-refractivity contribution < 1.29 is 0 Å². The van der Waals surface area contributed by atoms with Crippen LogP contribution in [0.25, 0.3) is 0 Å². The van der Waals surface area contributed by atoms with Crippen molar-refractivity contribution in [1.82, 2.24) is 9.97 Å². The second-order valence-corrected chi connectivity index (χ2v) is 5.21. The monoisotopic (exact) mass is 250 g/mol. The fourth-order valence-corrected chi connectivity index (χ4v) is 1.66. The Morgan fingerprint density at radius 2 is 2.06 bits per heavy atom. The third kappa shape index (κ3) is 4.90. The van der Waals surface area contributed by atoms with Crippen molar-refractivity contribution in [2.75, 3.05) is 30.4 Å². The van der Waals surface area contributed by atoms with Crippen LogP contribution in [0, 0.1) is 12.8 Å². The molecule has 0 atom stereocenters. The van der Waals surface area contributed by atoms with E-state index in [1.54, 1.807) is 0 Å². The van der Waals surface area contributed by atoms with E-state index in [0.717, 1.165) is 30.5 Å². The lowest BCUT2D eigenvalue weighted by molar-refractivity contribution is 0.686. The molecule has 0 aliphatic heterocycles. The van der Waals surface area contributed by atoms with Crippen molar-refractivity contribution in [2.24, 2.45) is 5.92 Å². The van der Waals surface area contributed by atoms with Gasteiger partial charge in [0, 0.05) is 26.2 Å². The number of aryl methyl sites for hydroxylation is 1. The lowest BCUT2D eigenvalue weighted by Crippen LogP contribution is -2.20. The van der Waals surface area contributed by atoms with Crippen molar-refractivity contribution in [2.45, 2.75) is 40.5 Å². The molecule has 4 heteroatoms. The molecule has 0 radical (unpaired) electrons. The molecular weight excluding hydrogens is 224 g/mol. The predicted octanol–water partition coefficient (Wildman–Crippen LogP) is 3.09. The van der Waals surface area contributed by atoms with Gasteiger partial charge in [0.2, 0.25) is 0 Å². The average molecular weight is 250 g/mol. The number of nitrogens with zero attached hydrogens (tertiary/aromatic N) is 3. The van der Waals surface area contributed by atoms with E-state index in [4.69, 9.17) is 0 Å². The van der Waals surface area contributed by atoms with E-state index >= 15 is 0 Å². The maximum atomic E-state index is 4.49. The Morgan fingerprint density at radius 1 is 1.33 bits per heavy atom. The number of hydrogen-bond donors (Lipinski definition) is 1. The maximum absolute atomic E-state index is 4.49. The summed E-state index contributed by atoms with van der Waals surface area (Å²) < 4.78 is 0. The molecule has 1 N–H and O–H groups in total. The minimum atomic E-state index is 0.613. The van der Waals surface area contributed by atoms with Crippen LogP contribution in [0.4, 0.5) is 11.6 Å². The molecule has 0 spiro atoms. The first kappa shape index (κ1) is 14.7. The van der Waals surface area contributed by atoms with Crippen LogP contribution in [0.2, 0.25) is 0 Å². The molecule has 1 heterocycles. The highest BCUT2D eigenvalue weighted by Gasteiger charge is 2.06. The largest absolute Gasteiger partial charge is 0.370 e. The summed E-state index contributed by atoms with van der Waals surface area (Å²) in [5.41, 5.74) is 0. The summed E-state index contributed by atoms with van der Waals surface area (Å²) >= 11 is 0. The lowest BCUT2D eigenvalue weighted by Gasteiger charge is -2.19. The van der Waals surface area contributed by atoms with Gasteiger partial charge in [0.15, 0.2) is 0 Å². The van der Waals surface area contributed by atoms with Crippen LogP contribution in [-0.4, -0.2) is 30.1 Å². The molecule has 0 unspecified atom stereocenters. The highest BCUT2D eigenvalue weighted by atomic mass is 15.2. The van der Waals surface area contributed by atoms with Crippen molar-refractivity contribution in [3.63, 3.8) is 0 Å². The zero-order chi connectivity index (χ0) is 13.5. The summed E-state index contributed by atoms with van der Waals surface area (Å²) in [7, 11) is 2.09. The Balaban J connectivity index is 2.73. The Hall–Kier alpha value is -1.32. The van der Waals surface area contributed by atoms with Crippen molar-refractivity contribution in [1.29, 1.82) is 0 Å². The second kappa shape index (κ2) is 7.19. The number of anilines is 2. The summed E-state index contributed by atoms with van der Waals surface area (Å²) in [5.74, 6) is 3.36. The second-order valence-electron chi connectivity index (χ2n) is 5.21. The number of unbranched alkanes of at least 4 members (excludes halogenated alkanes) is 1. The van der Waals surface area contributed by atoms with Crippen LogP contribution in [0.1, 0.15) is 39.4 Å². The molecule has 0 amide bonds. The van der Waals surface area contributed by atoms with E-state index in [1.807, 2.05) is 13.0 Å². The molecule has 0 bridgehead atoms. The first-order valence-corrected chi connectivity index (χ1v) is 6.83. The van der Waals surface area contributed by atoms with Gasteiger partial charge >= 0.3 is 0 Å². The molecule has 0 saturated carbocycles. The normalized spacial score (nSPS) is 10.8. The molecule has 0 aromatic carbocycles. The van der Waals surface area contributed by atoms with Gasteiger partial charge in [-0.15, -0.1) is 0 Å². The molecule has 4 nitrogen and oxygen atoms in total. The van der Waals surface area contributed by atoms with Crippen LogP contribution in [0.3, 0.4) is 0 Å². The Labute approximate surface area is 111 Å². The van der Waals surface area contributed by atoms with Gasteiger partial charge in [-0.25, -0.2) is 9.97 Å². The lowest BCUT2D eigenvalue weighted by atomic mass is 10.2. The fourth-order valence-electron chi connectivity index (χ4n) is 1.66. The van der Waals surface area contributed by atoms with E-state index in [1.165, 1.54) is 12.8 Å². The molecule has 0 fully saturated rings. The summed E-state index contributed by atoms with van der Waals surface area (Å²) in [5, 5.41) is 3.36. The molecule has 1 aromatic rings. The predicted molar refractivity (Wildman–Crippen MR) is 78.3 cm³/mol. The van der Waals surface area contributed by atoms with Gasteiger partial charge in [0.25, 0.3) is 0 Å². The van der Waals surface area contributed by atoms with Gasteiger partial charge in [-0.05, 0) is 19.3 Å². The number of aromatic nitrogens is 2. The SMILES string of the molecule is CCCCN(C)c1cc(NCC(C)C)nc(C)n1. The summed E-state index contributed by atoms with van der Waals surface area (Å²) in [6.07, 6.45) is 2.39. The molecule has 102 valence electrons. The maximum Gasteiger partial charge on any atom is 0.134 e. The molecule has 1 rings (SSSR count). The molecule has 0 aliphatic rings. The van der Waals surface area contributed by atoms with Gasteiger partial charge in [-0.2, -0.15) is 0 Å². The number of hydrogen-bond acceptors (Lipinski definition) is 4. The standard InChI is InChI=1S/C14H26N4/c1-6-7-8-18(5)14-9-13(15-10-11(2)3)16-12(4)17-14/h9,11H,6-8,10H2,1-5H3,(H,15,16,17). The van der Waals surface area contributed by atoms with Crippen LogP contribution >= 0.6 is 0 Å². The first-order chi connectivity index (χ1) is 8.52. The highest BCUT2D eigenvalue weighted by Crippen LogP contribution is 2.15. The summed E-state index contributed by atoms with van der Waals surface area (Å²) in [6.45, 7) is 10.5. The van der Waals surface area contributed by atoms with E-state index in [9.17, 15) is 0 Å². The highest BCUT2D eigenvalue weighted by molar-refractivity contribution is 5.48. The third-order valence-corrected chi connectivity index (χ3v) is 2.75. The zero-order valence-corrected chi connectivity index (χ0v) is 12.3. The van der Waals surface area contributed by atoms with Gasteiger partial charge in [-0.1, -0.05) is 27.2 Å². The molecule has 18 heavy (non-hydrogen) atoms. The summed E-state index contributed by atoms with van der Waals surface area (Å²) in [6, 6.07) is 2.03. The molecule has 1 aromatic heterocycles. The van der Waals surface area contributed by atoms with E-state index in [2.05, 4.69) is 48.0 Å². The minimum Gasteiger partial charge on any atom is -0.370 e. The molecular formula is C14H26N4. The Kier molecular flexibility index (Phi) is 5.89. The fraction of sp³-hybridized carbons (Fsp3) is 0.714. The van der Waals surface area contributed by atoms with Gasteiger partial charge in [-0.3, -0.25) is 0 Å². The van der Waals surface area contributed by atoms with Crippen molar-refractivity contribution in [3.05, 3.63) is 11.9 Å². The van der Waals surface area contributed by atoms with E-state index in [0.29, 0.717) is 5.92 Å². The number of nitrogens with one attached hydrogen (secondary N) is 1. The number of rotatable bonds is 7. The Bertz CT molecular complexity index is 363. The molecule has 0 saturated heterocycles. The van der Waals surface area contributed by atoms with Crippen LogP contribution in [0.5, 0.6) is 0 Å². The van der Waals surface area contributed by atoms with Gasteiger partial charge in [0.1, 0.15) is 17.5 Å². The van der Waals surface area contributed by atoms with E-state index in [-0.39, 0.29) is 0 Å². The van der Waals surface area contributed by atoms with Gasteiger partial charge in [0.05, 0.1) is 0 Å². The van der Waals surface area contributed by atoms with Crippen molar-refractivity contribution in [3.8, 4) is 0 Å². The van der Waals surface area contributed by atoms with Crippen molar-refractivity contribution >= 4 is 11.6 Å². The third-order valence-electron chi connectivity index (χ3n) is 2.75. The van der Waals surface area contributed by atoms with Crippen LogP contribution in [-0.2, 0) is 0 Å². The van der Waals surface area contributed by atoms with Crippen LogP contribution in [0.15, 0.2) is 6.07 Å². The smallest absolute Gasteiger partial charge is 0.134 e.